The lowest BCUT2D eigenvalue weighted by Crippen LogP contribution is -2.22. The van der Waals surface area contributed by atoms with E-state index in [1.54, 1.807) is 11.7 Å². The second-order valence-electron chi connectivity index (χ2n) is 5.45. The second-order valence-corrected chi connectivity index (χ2v) is 6.81. The third kappa shape index (κ3) is 4.61. The number of halogens is 2. The number of amides is 1. The van der Waals surface area contributed by atoms with E-state index in [1.165, 1.54) is 0 Å². The number of nitrogens with one attached hydrogen (secondary N) is 2. The number of nitrogens with zero attached hydrogens (tertiary/aromatic N) is 2. The predicted molar refractivity (Wildman–Crippen MR) is 105 cm³/mol. The van der Waals surface area contributed by atoms with Crippen LogP contribution in [-0.4, -0.2) is 22.2 Å². The molecule has 2 N–H and O–H groups in total. The van der Waals surface area contributed by atoms with Crippen LogP contribution in [0, 0.1) is 0 Å². The SMILES string of the molecule is Cn1nc(-c2ccc(Cl)cc2)cc1NC(=O)CNc1ccc(Br)cc1. The van der Waals surface area contributed by atoms with Gasteiger partial charge in [-0.3, -0.25) is 9.48 Å². The first-order valence-electron chi connectivity index (χ1n) is 7.60. The van der Waals surface area contributed by atoms with E-state index >= 15 is 0 Å². The third-order valence-electron chi connectivity index (χ3n) is 3.58. The van der Waals surface area contributed by atoms with Crippen molar-refractivity contribution in [3.63, 3.8) is 0 Å². The van der Waals surface area contributed by atoms with Crippen molar-refractivity contribution in [1.82, 2.24) is 9.78 Å². The van der Waals surface area contributed by atoms with Crippen LogP contribution in [0.2, 0.25) is 5.02 Å². The fourth-order valence-corrected chi connectivity index (χ4v) is 2.67. The Morgan fingerprint density at radius 1 is 1.16 bits per heavy atom. The molecule has 0 spiro atoms. The highest BCUT2D eigenvalue weighted by atomic mass is 79.9. The van der Waals surface area contributed by atoms with Crippen molar-refractivity contribution < 1.29 is 4.79 Å². The van der Waals surface area contributed by atoms with Gasteiger partial charge >= 0.3 is 0 Å². The van der Waals surface area contributed by atoms with Crippen molar-refractivity contribution >= 4 is 44.9 Å². The van der Waals surface area contributed by atoms with Crippen LogP contribution in [0.3, 0.4) is 0 Å². The van der Waals surface area contributed by atoms with E-state index in [4.69, 9.17) is 11.6 Å². The monoisotopic (exact) mass is 418 g/mol. The van der Waals surface area contributed by atoms with Gasteiger partial charge in [0, 0.05) is 33.9 Å². The maximum Gasteiger partial charge on any atom is 0.244 e. The lowest BCUT2D eigenvalue weighted by molar-refractivity contribution is -0.114. The Morgan fingerprint density at radius 3 is 2.52 bits per heavy atom. The van der Waals surface area contributed by atoms with Crippen LogP contribution in [0.25, 0.3) is 11.3 Å². The van der Waals surface area contributed by atoms with Crippen LogP contribution in [-0.2, 0) is 11.8 Å². The fourth-order valence-electron chi connectivity index (χ4n) is 2.28. The van der Waals surface area contributed by atoms with Gasteiger partial charge < -0.3 is 10.6 Å². The average Bonchev–Trinajstić information content (AvgIpc) is 2.95. The molecule has 0 saturated heterocycles. The standard InChI is InChI=1S/C18H16BrClN4O/c1-24-17(10-16(23-24)12-2-6-14(20)7-3-12)22-18(25)11-21-15-8-4-13(19)5-9-15/h2-10,21H,11H2,1H3,(H,22,25). The Balaban J connectivity index is 1.63. The Kier molecular flexibility index (Phi) is 5.40. The number of carbonyl (C=O) groups excluding carboxylic acids is 1. The van der Waals surface area contributed by atoms with Crippen LogP contribution in [0.15, 0.2) is 59.1 Å². The Hall–Kier alpha value is -2.31. The van der Waals surface area contributed by atoms with Crippen LogP contribution in [0.4, 0.5) is 11.5 Å². The topological polar surface area (TPSA) is 59.0 Å². The summed E-state index contributed by atoms with van der Waals surface area (Å²) in [5, 5.41) is 11.0. The molecule has 0 aliphatic rings. The van der Waals surface area contributed by atoms with Crippen molar-refractivity contribution in [2.45, 2.75) is 0 Å². The number of aryl methyl sites for hydroxylation is 1. The number of rotatable bonds is 5. The Labute approximate surface area is 159 Å². The molecule has 0 saturated carbocycles. The van der Waals surface area contributed by atoms with Gasteiger partial charge in [0.15, 0.2) is 0 Å². The first-order valence-corrected chi connectivity index (χ1v) is 8.77. The number of aromatic nitrogens is 2. The summed E-state index contributed by atoms with van der Waals surface area (Å²) in [6.07, 6.45) is 0. The molecule has 1 aromatic heterocycles. The Bertz CT molecular complexity index is 875. The van der Waals surface area contributed by atoms with Gasteiger partial charge in [0.1, 0.15) is 5.82 Å². The van der Waals surface area contributed by atoms with Crippen molar-refractivity contribution in [2.24, 2.45) is 7.05 Å². The van der Waals surface area contributed by atoms with Gasteiger partial charge in [-0.15, -0.1) is 0 Å². The molecule has 0 bridgehead atoms. The highest BCUT2D eigenvalue weighted by Crippen LogP contribution is 2.23. The number of carbonyl (C=O) groups is 1. The molecule has 0 fully saturated rings. The van der Waals surface area contributed by atoms with Crippen molar-refractivity contribution in [1.29, 1.82) is 0 Å². The first kappa shape index (κ1) is 17.5. The van der Waals surface area contributed by atoms with Crippen LogP contribution in [0.1, 0.15) is 0 Å². The smallest absolute Gasteiger partial charge is 0.244 e. The molecule has 128 valence electrons. The van der Waals surface area contributed by atoms with E-state index in [2.05, 4.69) is 31.7 Å². The molecular weight excluding hydrogens is 404 g/mol. The molecule has 2 aromatic carbocycles. The van der Waals surface area contributed by atoms with Crippen molar-refractivity contribution in [2.75, 3.05) is 17.2 Å². The molecule has 0 radical (unpaired) electrons. The molecule has 5 nitrogen and oxygen atoms in total. The van der Waals surface area contributed by atoms with Crippen LogP contribution < -0.4 is 10.6 Å². The van der Waals surface area contributed by atoms with Crippen molar-refractivity contribution in [3.8, 4) is 11.3 Å². The summed E-state index contributed by atoms with van der Waals surface area (Å²) < 4.78 is 2.63. The summed E-state index contributed by atoms with van der Waals surface area (Å²) in [5.41, 5.74) is 2.59. The van der Waals surface area contributed by atoms with Gasteiger partial charge in [-0.2, -0.15) is 5.10 Å². The molecule has 0 aliphatic carbocycles. The summed E-state index contributed by atoms with van der Waals surface area (Å²) in [7, 11) is 1.79. The predicted octanol–water partition coefficient (Wildman–Crippen LogP) is 4.55. The molecule has 25 heavy (non-hydrogen) atoms. The molecule has 1 heterocycles. The summed E-state index contributed by atoms with van der Waals surface area (Å²) in [6.45, 7) is 0.170. The normalized spacial score (nSPS) is 10.5. The summed E-state index contributed by atoms with van der Waals surface area (Å²) in [6, 6.07) is 16.9. The molecule has 3 aromatic rings. The molecule has 1 amide bonds. The third-order valence-corrected chi connectivity index (χ3v) is 4.37. The highest BCUT2D eigenvalue weighted by molar-refractivity contribution is 9.10. The van der Waals surface area contributed by atoms with E-state index in [-0.39, 0.29) is 12.5 Å². The second kappa shape index (κ2) is 7.72. The minimum absolute atomic E-state index is 0.145. The molecule has 0 aliphatic heterocycles. The zero-order valence-electron chi connectivity index (χ0n) is 13.5. The van der Waals surface area contributed by atoms with Gasteiger partial charge in [0.05, 0.1) is 12.2 Å². The summed E-state index contributed by atoms with van der Waals surface area (Å²) in [5.74, 6) is 0.487. The van der Waals surface area contributed by atoms with Crippen LogP contribution in [0.5, 0.6) is 0 Å². The molecule has 0 atom stereocenters. The number of hydrogen-bond donors (Lipinski definition) is 2. The maximum absolute atomic E-state index is 12.2. The van der Waals surface area contributed by atoms with Gasteiger partial charge in [-0.1, -0.05) is 39.7 Å². The maximum atomic E-state index is 12.2. The summed E-state index contributed by atoms with van der Waals surface area (Å²) in [4.78, 5) is 12.2. The number of anilines is 2. The quantitative estimate of drug-likeness (QED) is 0.637. The lowest BCUT2D eigenvalue weighted by atomic mass is 10.1. The van der Waals surface area contributed by atoms with Crippen LogP contribution >= 0.6 is 27.5 Å². The molecular formula is C18H16BrClN4O. The number of benzene rings is 2. The molecule has 3 rings (SSSR count). The fraction of sp³-hybridized carbons (Fsp3) is 0.111. The summed E-state index contributed by atoms with van der Waals surface area (Å²) >= 11 is 9.29. The molecule has 0 unspecified atom stereocenters. The highest BCUT2D eigenvalue weighted by Gasteiger charge is 2.10. The minimum Gasteiger partial charge on any atom is -0.376 e. The number of hydrogen-bond acceptors (Lipinski definition) is 3. The van der Waals surface area contributed by atoms with Gasteiger partial charge in [-0.05, 0) is 36.4 Å². The van der Waals surface area contributed by atoms with E-state index in [9.17, 15) is 4.79 Å². The van der Waals surface area contributed by atoms with Gasteiger partial charge in [0.25, 0.3) is 0 Å². The zero-order chi connectivity index (χ0) is 17.8. The zero-order valence-corrected chi connectivity index (χ0v) is 15.8. The van der Waals surface area contributed by atoms with Crippen molar-refractivity contribution in [3.05, 3.63) is 64.1 Å². The molecule has 7 heteroatoms. The van der Waals surface area contributed by atoms with E-state index < -0.39 is 0 Å². The minimum atomic E-state index is -0.145. The van der Waals surface area contributed by atoms with Gasteiger partial charge in [0.2, 0.25) is 5.91 Å². The van der Waals surface area contributed by atoms with E-state index in [1.807, 2.05) is 54.6 Å². The van der Waals surface area contributed by atoms with Gasteiger partial charge in [-0.25, -0.2) is 0 Å². The van der Waals surface area contributed by atoms with E-state index in [0.29, 0.717) is 10.8 Å². The van der Waals surface area contributed by atoms with E-state index in [0.717, 1.165) is 21.4 Å². The first-order chi connectivity index (χ1) is 12.0. The average molecular weight is 420 g/mol. The largest absolute Gasteiger partial charge is 0.376 e. The Morgan fingerprint density at radius 2 is 1.84 bits per heavy atom. The lowest BCUT2D eigenvalue weighted by Gasteiger charge is -2.07.